The molecule has 1 heterocycles. The Morgan fingerprint density at radius 1 is 1.45 bits per heavy atom. The largest absolute Gasteiger partial charge is 0.456 e. The molecule has 0 radical (unpaired) electrons. The zero-order valence-electron chi connectivity index (χ0n) is 11.4. The highest BCUT2D eigenvalue weighted by molar-refractivity contribution is 5.89. The fourth-order valence-corrected chi connectivity index (χ4v) is 1.94. The number of benzene rings is 1. The van der Waals surface area contributed by atoms with Gasteiger partial charge in [0.25, 0.3) is 5.69 Å². The van der Waals surface area contributed by atoms with Crippen LogP contribution in [0.5, 0.6) is 0 Å². The topological polar surface area (TPSA) is 82.0 Å². The molecule has 1 aromatic carbocycles. The molecule has 108 valence electrons. The number of nitro benzene ring substituents is 1. The zero-order chi connectivity index (χ0) is 14.7. The third-order valence-corrected chi connectivity index (χ3v) is 3.05. The number of carbonyl (C=O) groups is 1. The number of non-ortho nitro benzene ring substituents is 1. The van der Waals surface area contributed by atoms with Gasteiger partial charge in [-0.05, 0) is 24.5 Å². The Labute approximate surface area is 116 Å². The molecule has 6 heteroatoms. The highest BCUT2D eigenvalue weighted by Gasteiger charge is 2.36. The molecule has 0 bridgehead atoms. The summed E-state index contributed by atoms with van der Waals surface area (Å²) in [7, 11) is 0. The van der Waals surface area contributed by atoms with Gasteiger partial charge in [0.1, 0.15) is 12.2 Å². The minimum atomic E-state index is -0.505. The Balaban J connectivity index is 2.00. The molecule has 1 aliphatic rings. The molecule has 0 unspecified atom stereocenters. The van der Waals surface area contributed by atoms with Gasteiger partial charge >= 0.3 is 5.97 Å². The smallest absolute Gasteiger partial charge is 0.338 e. The first-order valence-electron chi connectivity index (χ1n) is 6.54. The van der Waals surface area contributed by atoms with Crippen LogP contribution in [0.4, 0.5) is 5.69 Å². The van der Waals surface area contributed by atoms with Crippen LogP contribution in [-0.4, -0.2) is 29.7 Å². The maximum Gasteiger partial charge on any atom is 0.338 e. The normalized spacial score (nSPS) is 18.6. The average molecular weight is 279 g/mol. The van der Waals surface area contributed by atoms with Crippen molar-refractivity contribution in [3.8, 4) is 0 Å². The van der Waals surface area contributed by atoms with E-state index in [0.29, 0.717) is 18.1 Å². The Morgan fingerprint density at radius 2 is 2.05 bits per heavy atom. The van der Waals surface area contributed by atoms with Gasteiger partial charge in [0.2, 0.25) is 0 Å². The number of rotatable bonds is 6. The van der Waals surface area contributed by atoms with E-state index in [-0.39, 0.29) is 17.9 Å². The third kappa shape index (κ3) is 3.77. The van der Waals surface area contributed by atoms with Crippen LogP contribution in [0.15, 0.2) is 24.3 Å². The molecular formula is C14H17NO5. The lowest BCUT2D eigenvalue weighted by Gasteiger charge is -2.17. The van der Waals surface area contributed by atoms with E-state index in [0.717, 1.165) is 6.42 Å². The fourth-order valence-electron chi connectivity index (χ4n) is 1.94. The molecular weight excluding hydrogens is 262 g/mol. The summed E-state index contributed by atoms with van der Waals surface area (Å²) in [5, 5.41) is 10.6. The summed E-state index contributed by atoms with van der Waals surface area (Å²) < 4.78 is 10.6. The first kappa shape index (κ1) is 14.5. The summed E-state index contributed by atoms with van der Waals surface area (Å²) in [6, 6.07) is 5.39. The van der Waals surface area contributed by atoms with Crippen molar-refractivity contribution >= 4 is 11.7 Å². The summed E-state index contributed by atoms with van der Waals surface area (Å²) >= 11 is 0. The predicted molar refractivity (Wildman–Crippen MR) is 71.5 cm³/mol. The first-order chi connectivity index (χ1) is 9.47. The number of carbonyl (C=O) groups excluding carboxylic acids is 1. The minimum Gasteiger partial charge on any atom is -0.456 e. The number of nitrogens with zero attached hydrogens (tertiary/aromatic N) is 1. The molecule has 0 amide bonds. The Kier molecular flexibility index (Phi) is 4.34. The molecule has 0 aliphatic carbocycles. The molecule has 0 saturated carbocycles. The molecule has 0 N–H and O–H groups in total. The second-order valence-electron chi connectivity index (χ2n) is 5.25. The van der Waals surface area contributed by atoms with Gasteiger partial charge < -0.3 is 9.47 Å². The number of esters is 1. The van der Waals surface area contributed by atoms with Gasteiger partial charge in [0.05, 0.1) is 17.1 Å². The van der Waals surface area contributed by atoms with Crippen LogP contribution in [-0.2, 0) is 9.47 Å². The van der Waals surface area contributed by atoms with E-state index < -0.39 is 10.9 Å². The van der Waals surface area contributed by atoms with Gasteiger partial charge in [-0.1, -0.05) is 13.8 Å². The maximum atomic E-state index is 12.0. The van der Waals surface area contributed by atoms with Crippen LogP contribution < -0.4 is 0 Å². The van der Waals surface area contributed by atoms with Gasteiger partial charge in [0.15, 0.2) is 0 Å². The van der Waals surface area contributed by atoms with Crippen molar-refractivity contribution in [2.75, 3.05) is 6.61 Å². The van der Waals surface area contributed by atoms with Crippen LogP contribution in [0, 0.1) is 16.0 Å². The minimum absolute atomic E-state index is 0.0144. The van der Waals surface area contributed by atoms with Crippen molar-refractivity contribution in [3.05, 3.63) is 39.9 Å². The van der Waals surface area contributed by atoms with Crippen LogP contribution in [0.3, 0.4) is 0 Å². The van der Waals surface area contributed by atoms with E-state index >= 15 is 0 Å². The Morgan fingerprint density at radius 3 is 2.50 bits per heavy atom. The number of hydrogen-bond acceptors (Lipinski definition) is 5. The van der Waals surface area contributed by atoms with Crippen LogP contribution in [0.25, 0.3) is 0 Å². The summed E-state index contributed by atoms with van der Waals surface area (Å²) in [5.41, 5.74) is 0.260. The molecule has 0 spiro atoms. The third-order valence-electron chi connectivity index (χ3n) is 3.05. The first-order valence-corrected chi connectivity index (χ1v) is 6.54. The van der Waals surface area contributed by atoms with E-state index in [4.69, 9.17) is 9.47 Å². The average Bonchev–Trinajstić information content (AvgIpc) is 3.21. The molecule has 1 aliphatic heterocycles. The number of ether oxygens (including phenoxy) is 2. The highest BCUT2D eigenvalue weighted by Crippen LogP contribution is 2.24. The summed E-state index contributed by atoms with van der Waals surface area (Å²) in [6.07, 6.45) is 0.473. The zero-order valence-corrected chi connectivity index (χ0v) is 11.4. The number of epoxide rings is 1. The number of hydrogen-bond donors (Lipinski definition) is 0. The SMILES string of the molecule is CC(C)C[C@H](OC(=O)c1ccc([N+](=O)[O-])cc1)[C@@H]1CO1. The van der Waals surface area contributed by atoms with Crippen LogP contribution >= 0.6 is 0 Å². The predicted octanol–water partition coefficient (Wildman–Crippen LogP) is 2.57. The van der Waals surface area contributed by atoms with E-state index in [9.17, 15) is 14.9 Å². The molecule has 1 aromatic rings. The van der Waals surface area contributed by atoms with Gasteiger partial charge in [-0.25, -0.2) is 4.79 Å². The van der Waals surface area contributed by atoms with Crippen molar-refractivity contribution in [3.63, 3.8) is 0 Å². The Hall–Kier alpha value is -1.95. The highest BCUT2D eigenvalue weighted by atomic mass is 16.6. The van der Waals surface area contributed by atoms with E-state index in [1.165, 1.54) is 24.3 Å². The lowest BCUT2D eigenvalue weighted by molar-refractivity contribution is -0.384. The quantitative estimate of drug-likeness (QED) is 0.346. The van der Waals surface area contributed by atoms with Crippen LogP contribution in [0.1, 0.15) is 30.6 Å². The lowest BCUT2D eigenvalue weighted by Crippen LogP contribution is -2.25. The molecule has 1 fully saturated rings. The lowest BCUT2D eigenvalue weighted by atomic mass is 10.0. The van der Waals surface area contributed by atoms with Gasteiger partial charge in [-0.2, -0.15) is 0 Å². The van der Waals surface area contributed by atoms with Crippen molar-refractivity contribution in [1.29, 1.82) is 0 Å². The molecule has 2 rings (SSSR count). The van der Waals surface area contributed by atoms with E-state index in [2.05, 4.69) is 13.8 Å². The monoisotopic (exact) mass is 279 g/mol. The van der Waals surface area contributed by atoms with Gasteiger partial charge in [0, 0.05) is 12.1 Å². The standard InChI is InChI=1S/C14H17NO5/c1-9(2)7-12(13-8-19-13)20-14(16)10-3-5-11(6-4-10)15(17)18/h3-6,9,12-13H,7-8H2,1-2H3/t12-,13-/m0/s1. The van der Waals surface area contributed by atoms with Crippen molar-refractivity contribution in [2.24, 2.45) is 5.92 Å². The van der Waals surface area contributed by atoms with E-state index in [1.54, 1.807) is 0 Å². The van der Waals surface area contributed by atoms with Gasteiger partial charge in [-0.3, -0.25) is 10.1 Å². The second kappa shape index (κ2) is 6.00. The van der Waals surface area contributed by atoms with E-state index in [1.807, 2.05) is 0 Å². The van der Waals surface area contributed by atoms with Crippen molar-refractivity contribution in [1.82, 2.24) is 0 Å². The van der Waals surface area contributed by atoms with Crippen LogP contribution in [0.2, 0.25) is 0 Å². The summed E-state index contributed by atoms with van der Waals surface area (Å²) in [6.45, 7) is 4.72. The Bertz CT molecular complexity index is 493. The fraction of sp³-hybridized carbons (Fsp3) is 0.500. The molecule has 2 atom stereocenters. The second-order valence-corrected chi connectivity index (χ2v) is 5.25. The molecule has 6 nitrogen and oxygen atoms in total. The van der Waals surface area contributed by atoms with Gasteiger partial charge in [-0.15, -0.1) is 0 Å². The summed E-state index contributed by atoms with van der Waals surface area (Å²) in [5.74, 6) is -0.0742. The molecule has 1 saturated heterocycles. The summed E-state index contributed by atoms with van der Waals surface area (Å²) in [4.78, 5) is 22.0. The maximum absolute atomic E-state index is 12.0. The number of nitro groups is 1. The van der Waals surface area contributed by atoms with Crippen molar-refractivity contribution in [2.45, 2.75) is 32.5 Å². The molecule has 0 aromatic heterocycles. The molecule has 20 heavy (non-hydrogen) atoms. The van der Waals surface area contributed by atoms with Crippen molar-refractivity contribution < 1.29 is 19.2 Å².